The first-order valence-corrected chi connectivity index (χ1v) is 7.69. The van der Waals surface area contributed by atoms with Crippen LogP contribution in [0.2, 0.25) is 0 Å². The minimum absolute atomic E-state index is 0.332. The van der Waals surface area contributed by atoms with E-state index in [1.807, 2.05) is 23.7 Å². The Kier molecular flexibility index (Phi) is 3.58. The van der Waals surface area contributed by atoms with Gasteiger partial charge in [-0.05, 0) is 35.4 Å². The van der Waals surface area contributed by atoms with Crippen molar-refractivity contribution < 1.29 is 4.42 Å². The van der Waals surface area contributed by atoms with E-state index in [2.05, 4.69) is 33.4 Å². The zero-order valence-electron chi connectivity index (χ0n) is 11.3. The van der Waals surface area contributed by atoms with E-state index in [0.717, 1.165) is 15.3 Å². The molecule has 0 aliphatic rings. The van der Waals surface area contributed by atoms with Gasteiger partial charge in [-0.25, -0.2) is 4.98 Å². The van der Waals surface area contributed by atoms with Crippen molar-refractivity contribution in [2.24, 2.45) is 7.05 Å². The van der Waals surface area contributed by atoms with Crippen LogP contribution in [0.25, 0.3) is 11.6 Å². The maximum Gasteiger partial charge on any atom is 0.200 e. The van der Waals surface area contributed by atoms with Crippen molar-refractivity contribution in [3.63, 3.8) is 0 Å². The fraction of sp³-hybridized carbons (Fsp3) is 0.333. The van der Waals surface area contributed by atoms with Gasteiger partial charge in [0.2, 0.25) is 0 Å². The molecule has 0 spiro atoms. The minimum Gasteiger partial charge on any atom is -0.461 e. The summed E-state index contributed by atoms with van der Waals surface area (Å²) in [7, 11) is 1.91. The number of nitrogens with zero attached hydrogens (tertiary/aromatic N) is 5. The number of hydrogen-bond acceptors (Lipinski definition) is 7. The average molecular weight is 307 g/mol. The molecule has 0 bridgehead atoms. The quantitative estimate of drug-likeness (QED) is 0.737. The highest BCUT2D eigenvalue weighted by Crippen LogP contribution is 2.30. The summed E-state index contributed by atoms with van der Waals surface area (Å²) in [6.07, 6.45) is 1.62. The van der Waals surface area contributed by atoms with Gasteiger partial charge in [-0.2, -0.15) is 4.37 Å². The van der Waals surface area contributed by atoms with Crippen LogP contribution in [-0.2, 0) is 7.05 Å². The van der Waals surface area contributed by atoms with Crippen molar-refractivity contribution in [1.82, 2.24) is 24.1 Å². The van der Waals surface area contributed by atoms with Crippen LogP contribution < -0.4 is 0 Å². The first-order valence-electron chi connectivity index (χ1n) is 6.10. The average Bonchev–Trinajstić information content (AvgIpc) is 3.12. The molecule has 0 saturated heterocycles. The number of furan rings is 1. The molecule has 0 amide bonds. The Labute approximate surface area is 124 Å². The Balaban J connectivity index is 1.84. The molecule has 0 radical (unpaired) electrons. The Morgan fingerprint density at radius 2 is 2.20 bits per heavy atom. The molecule has 6 nitrogen and oxygen atoms in total. The Morgan fingerprint density at radius 1 is 1.35 bits per heavy atom. The molecule has 0 fully saturated rings. The molecule has 3 aromatic heterocycles. The van der Waals surface area contributed by atoms with Crippen molar-refractivity contribution in [1.29, 1.82) is 0 Å². The van der Waals surface area contributed by atoms with E-state index in [1.165, 1.54) is 23.3 Å². The first-order chi connectivity index (χ1) is 9.65. The fourth-order valence-corrected chi connectivity index (χ4v) is 3.24. The summed E-state index contributed by atoms with van der Waals surface area (Å²) in [6, 6.07) is 3.69. The zero-order valence-corrected chi connectivity index (χ0v) is 12.9. The highest BCUT2D eigenvalue weighted by molar-refractivity contribution is 8.00. The van der Waals surface area contributed by atoms with Gasteiger partial charge >= 0.3 is 0 Å². The molecule has 104 valence electrons. The maximum atomic E-state index is 5.34. The van der Waals surface area contributed by atoms with E-state index >= 15 is 0 Å². The number of rotatable bonds is 4. The van der Waals surface area contributed by atoms with Crippen molar-refractivity contribution >= 4 is 23.3 Å². The predicted molar refractivity (Wildman–Crippen MR) is 76.8 cm³/mol. The van der Waals surface area contributed by atoms with Crippen molar-refractivity contribution in [3.8, 4) is 11.6 Å². The van der Waals surface area contributed by atoms with E-state index < -0.39 is 0 Å². The topological polar surface area (TPSA) is 69.6 Å². The lowest BCUT2D eigenvalue weighted by Crippen LogP contribution is -1.94. The molecule has 0 aliphatic heterocycles. The van der Waals surface area contributed by atoms with E-state index in [0.29, 0.717) is 17.5 Å². The zero-order chi connectivity index (χ0) is 14.1. The second-order valence-electron chi connectivity index (χ2n) is 4.52. The van der Waals surface area contributed by atoms with Crippen LogP contribution in [0, 0.1) is 0 Å². The van der Waals surface area contributed by atoms with Crippen LogP contribution >= 0.6 is 23.3 Å². The van der Waals surface area contributed by atoms with Gasteiger partial charge in [-0.1, -0.05) is 13.8 Å². The van der Waals surface area contributed by atoms with Gasteiger partial charge in [-0.15, -0.1) is 10.2 Å². The molecule has 3 aromatic rings. The Bertz CT molecular complexity index is 701. The molecule has 0 unspecified atom stereocenters. The molecule has 8 heteroatoms. The van der Waals surface area contributed by atoms with E-state index in [4.69, 9.17) is 4.42 Å². The molecule has 20 heavy (non-hydrogen) atoms. The van der Waals surface area contributed by atoms with Gasteiger partial charge in [0.1, 0.15) is 5.82 Å². The summed E-state index contributed by atoms with van der Waals surface area (Å²) in [5.41, 5.74) is 0. The first kappa shape index (κ1) is 13.3. The smallest absolute Gasteiger partial charge is 0.200 e. The third-order valence-corrected chi connectivity index (χ3v) is 4.50. The van der Waals surface area contributed by atoms with Gasteiger partial charge in [0, 0.05) is 13.0 Å². The summed E-state index contributed by atoms with van der Waals surface area (Å²) in [5.74, 6) is 2.60. The van der Waals surface area contributed by atoms with E-state index in [-0.39, 0.29) is 0 Å². The van der Waals surface area contributed by atoms with Gasteiger partial charge in [0.25, 0.3) is 0 Å². The highest BCUT2D eigenvalue weighted by atomic mass is 32.2. The lowest BCUT2D eigenvalue weighted by molar-refractivity contribution is 0.572. The second-order valence-corrected chi connectivity index (χ2v) is 6.48. The van der Waals surface area contributed by atoms with E-state index in [9.17, 15) is 0 Å². The normalized spacial score (nSPS) is 11.4. The minimum atomic E-state index is 0.332. The predicted octanol–water partition coefficient (Wildman–Crippen LogP) is 3.20. The summed E-state index contributed by atoms with van der Waals surface area (Å²) >= 11 is 2.85. The molecule has 3 heterocycles. The molecule has 0 aliphatic carbocycles. The standard InChI is InChI=1S/C12H13N5OS2/c1-7(2)9-13-12(20-16-9)19-11-15-14-10(17(11)3)8-5-4-6-18-8/h4-7H,1-3H3. The molecule has 0 N–H and O–H groups in total. The van der Waals surface area contributed by atoms with Gasteiger partial charge in [0.05, 0.1) is 6.26 Å². The lowest BCUT2D eigenvalue weighted by Gasteiger charge is -1.99. The van der Waals surface area contributed by atoms with Gasteiger partial charge < -0.3 is 8.98 Å². The molecular formula is C12H13N5OS2. The third kappa shape index (κ3) is 2.48. The van der Waals surface area contributed by atoms with Gasteiger partial charge in [0.15, 0.2) is 21.1 Å². The Morgan fingerprint density at radius 3 is 2.85 bits per heavy atom. The Hall–Kier alpha value is -1.67. The number of hydrogen-bond donors (Lipinski definition) is 0. The van der Waals surface area contributed by atoms with Crippen molar-refractivity contribution in [2.75, 3.05) is 0 Å². The van der Waals surface area contributed by atoms with Crippen LogP contribution in [0.5, 0.6) is 0 Å². The molecular weight excluding hydrogens is 294 g/mol. The number of aromatic nitrogens is 5. The van der Waals surface area contributed by atoms with Crippen molar-refractivity contribution in [2.45, 2.75) is 29.3 Å². The highest BCUT2D eigenvalue weighted by Gasteiger charge is 2.16. The molecule has 0 aromatic carbocycles. The fourth-order valence-electron chi connectivity index (χ4n) is 1.60. The van der Waals surface area contributed by atoms with Crippen LogP contribution in [0.1, 0.15) is 25.6 Å². The molecule has 0 saturated carbocycles. The van der Waals surface area contributed by atoms with E-state index in [1.54, 1.807) is 6.26 Å². The SMILES string of the molecule is CC(C)c1nsc(Sc2nnc(-c3ccco3)n2C)n1. The molecule has 0 atom stereocenters. The van der Waals surface area contributed by atoms with Crippen LogP contribution in [0.4, 0.5) is 0 Å². The summed E-state index contributed by atoms with van der Waals surface area (Å²) in [5, 5.41) is 9.09. The summed E-state index contributed by atoms with van der Waals surface area (Å²) in [4.78, 5) is 4.48. The van der Waals surface area contributed by atoms with Crippen LogP contribution in [-0.4, -0.2) is 24.1 Å². The summed E-state index contributed by atoms with van der Waals surface area (Å²) < 4.78 is 12.4. The van der Waals surface area contributed by atoms with Crippen LogP contribution in [0.15, 0.2) is 32.3 Å². The largest absolute Gasteiger partial charge is 0.461 e. The monoisotopic (exact) mass is 307 g/mol. The second kappa shape index (κ2) is 5.37. The van der Waals surface area contributed by atoms with Crippen molar-refractivity contribution in [3.05, 3.63) is 24.2 Å². The van der Waals surface area contributed by atoms with Crippen LogP contribution in [0.3, 0.4) is 0 Å². The maximum absolute atomic E-state index is 5.34. The third-order valence-electron chi connectivity index (χ3n) is 2.69. The molecule has 3 rings (SSSR count). The summed E-state index contributed by atoms with van der Waals surface area (Å²) in [6.45, 7) is 4.15. The lowest BCUT2D eigenvalue weighted by atomic mass is 10.2. The van der Waals surface area contributed by atoms with Gasteiger partial charge in [-0.3, -0.25) is 0 Å².